The van der Waals surface area contributed by atoms with Gasteiger partial charge in [0.05, 0.1) is 35.0 Å². The highest BCUT2D eigenvalue weighted by Gasteiger charge is 2.60. The maximum Gasteiger partial charge on any atom is 0.257 e. The molecule has 0 unspecified atom stereocenters. The zero-order chi connectivity index (χ0) is 29.3. The lowest BCUT2D eigenvalue weighted by Gasteiger charge is -2.40. The monoisotopic (exact) mass is 600 g/mol. The third-order valence-electron chi connectivity index (χ3n) is 10.3. The highest BCUT2D eigenvalue weighted by atomic mass is 32.2. The third-order valence-corrected chi connectivity index (χ3v) is 11.6. The van der Waals surface area contributed by atoms with Crippen LogP contribution >= 0.6 is 0 Å². The molecule has 2 N–H and O–H groups in total. The Hall–Kier alpha value is -3.08. The first-order chi connectivity index (χ1) is 20.1. The summed E-state index contributed by atoms with van der Waals surface area (Å²) in [6, 6.07) is 8.87. The Morgan fingerprint density at radius 1 is 0.976 bits per heavy atom. The summed E-state index contributed by atoms with van der Waals surface area (Å²) in [5.74, 6) is -1.08. The van der Waals surface area contributed by atoms with E-state index in [1.807, 2.05) is 17.0 Å². The molecular weight excluding hydrogens is 562 g/mol. The Morgan fingerprint density at radius 2 is 1.67 bits per heavy atom. The van der Waals surface area contributed by atoms with Crippen molar-refractivity contribution < 1.29 is 26.7 Å². The highest BCUT2D eigenvalue weighted by Crippen LogP contribution is 2.66. The molecule has 2 saturated heterocycles. The Morgan fingerprint density at radius 3 is 2.33 bits per heavy atom. The van der Waals surface area contributed by atoms with Crippen molar-refractivity contribution in [2.24, 2.45) is 17.3 Å². The van der Waals surface area contributed by atoms with Crippen LogP contribution in [0, 0.1) is 17.3 Å². The Bertz CT molecular complexity index is 1500. The molecule has 5 aliphatic rings. The van der Waals surface area contributed by atoms with E-state index in [0.717, 1.165) is 30.0 Å². The number of rotatable bonds is 7. The zero-order valence-corrected chi connectivity index (χ0v) is 24.7. The van der Waals surface area contributed by atoms with Crippen molar-refractivity contribution in [3.05, 3.63) is 41.5 Å². The molecule has 226 valence electrons. The number of nitrogens with one attached hydrogen (secondary N) is 2. The summed E-state index contributed by atoms with van der Waals surface area (Å²) in [5.41, 5.74) is 4.42. The van der Waals surface area contributed by atoms with E-state index in [2.05, 4.69) is 14.9 Å². The number of sulfonamides is 1. The van der Waals surface area contributed by atoms with Gasteiger partial charge in [-0.2, -0.15) is 0 Å². The van der Waals surface area contributed by atoms with Gasteiger partial charge in [-0.05, 0) is 80.2 Å². The molecule has 42 heavy (non-hydrogen) atoms. The molecule has 4 fully saturated rings. The van der Waals surface area contributed by atoms with Crippen LogP contribution in [-0.2, 0) is 16.4 Å². The molecule has 2 saturated carbocycles. The largest absolute Gasteiger partial charge is 0.491 e. The van der Waals surface area contributed by atoms with Crippen LogP contribution in [0.15, 0.2) is 30.3 Å². The lowest BCUT2D eigenvalue weighted by atomic mass is 9.81. The van der Waals surface area contributed by atoms with Crippen molar-refractivity contribution in [1.29, 1.82) is 0 Å². The number of carbonyl (C=O) groups excluding carboxylic acids is 1. The summed E-state index contributed by atoms with van der Waals surface area (Å²) in [7, 11) is -3.48. The molecular formula is C31H38F2N4O4S. The molecule has 1 spiro atoms. The average molecular weight is 601 g/mol. The van der Waals surface area contributed by atoms with Gasteiger partial charge in [0.25, 0.3) is 11.8 Å². The molecule has 2 aliphatic carbocycles. The molecule has 2 aromatic rings. The molecule has 11 heteroatoms. The molecule has 2 atom stereocenters. The van der Waals surface area contributed by atoms with Crippen LogP contribution < -0.4 is 24.6 Å². The van der Waals surface area contributed by atoms with Crippen molar-refractivity contribution in [2.75, 3.05) is 58.4 Å². The van der Waals surface area contributed by atoms with Gasteiger partial charge >= 0.3 is 0 Å². The van der Waals surface area contributed by atoms with Gasteiger partial charge < -0.3 is 19.9 Å². The predicted octanol–water partition coefficient (Wildman–Crippen LogP) is 5.50. The summed E-state index contributed by atoms with van der Waals surface area (Å²) >= 11 is 0. The number of halogens is 2. The van der Waals surface area contributed by atoms with Gasteiger partial charge in [0, 0.05) is 56.7 Å². The van der Waals surface area contributed by atoms with E-state index in [9.17, 15) is 22.0 Å². The van der Waals surface area contributed by atoms with Crippen molar-refractivity contribution >= 4 is 38.7 Å². The number of hydrogen-bond acceptors (Lipinski definition) is 6. The highest BCUT2D eigenvalue weighted by molar-refractivity contribution is 7.92. The predicted molar refractivity (Wildman–Crippen MR) is 160 cm³/mol. The number of amides is 1. The summed E-state index contributed by atoms with van der Waals surface area (Å²) in [6.45, 7) is 4.27. The van der Waals surface area contributed by atoms with Gasteiger partial charge in [0.15, 0.2) is 0 Å². The second kappa shape index (κ2) is 9.99. The van der Waals surface area contributed by atoms with Crippen molar-refractivity contribution in [3.63, 3.8) is 0 Å². The van der Waals surface area contributed by atoms with Crippen LogP contribution in [0.4, 0.5) is 31.5 Å². The number of hydrogen-bond donors (Lipinski definition) is 2. The molecule has 1 amide bonds. The first kappa shape index (κ1) is 27.7. The number of ether oxygens (including phenoxy) is 1. The smallest absolute Gasteiger partial charge is 0.257 e. The molecule has 0 radical (unpaired) electrons. The van der Waals surface area contributed by atoms with E-state index in [-0.39, 0.29) is 37.6 Å². The van der Waals surface area contributed by atoms with Crippen LogP contribution in [0.25, 0.3) is 0 Å². The SMILES string of the molecule is CCS(=O)(=O)Nc1ccc(C(=O)Nc2cc3c(c(N4CCC(F)(F)CC4)c2)OCC3)c(N2C[C@H]3CC[C@@H](C2)C32CC2)c1. The van der Waals surface area contributed by atoms with Crippen LogP contribution in [0.3, 0.4) is 0 Å². The lowest BCUT2D eigenvalue weighted by molar-refractivity contribution is -0.0221. The molecule has 0 aromatic heterocycles. The van der Waals surface area contributed by atoms with E-state index >= 15 is 0 Å². The normalized spacial score (nSPS) is 25.2. The minimum Gasteiger partial charge on any atom is -0.491 e. The van der Waals surface area contributed by atoms with Gasteiger partial charge in [-0.3, -0.25) is 9.52 Å². The minimum absolute atomic E-state index is 0.0417. The van der Waals surface area contributed by atoms with Crippen LogP contribution in [0.1, 0.15) is 61.4 Å². The number of fused-ring (bicyclic) bond motifs is 1. The van der Waals surface area contributed by atoms with E-state index < -0.39 is 15.9 Å². The van der Waals surface area contributed by atoms with E-state index in [4.69, 9.17) is 4.74 Å². The Balaban J connectivity index is 1.19. The number of anilines is 4. The summed E-state index contributed by atoms with van der Waals surface area (Å²) < 4.78 is 61.0. The molecule has 3 heterocycles. The zero-order valence-electron chi connectivity index (χ0n) is 23.9. The second-order valence-corrected chi connectivity index (χ2v) is 14.7. The standard InChI is InChI=1S/C31H38F2N4O4S/c1-2-42(39,40)35-23-5-6-25(26(16-23)37-18-21-3-4-22(19-37)30(21)8-9-30)29(38)34-24-15-20-7-14-41-28(20)27(17-24)36-12-10-31(32,33)11-13-36/h5-6,15-17,21-22,35H,2-4,7-14,18-19H2,1H3,(H,34,38)/t21-,22+. The quantitative estimate of drug-likeness (QED) is 0.437. The van der Waals surface area contributed by atoms with Crippen molar-refractivity contribution in [2.45, 2.75) is 57.8 Å². The van der Waals surface area contributed by atoms with Gasteiger partial charge in [-0.15, -0.1) is 0 Å². The first-order valence-electron chi connectivity index (χ1n) is 15.2. The van der Waals surface area contributed by atoms with Crippen LogP contribution in [0.2, 0.25) is 0 Å². The average Bonchev–Trinajstić information content (AvgIpc) is 3.56. The third kappa shape index (κ3) is 4.97. The topological polar surface area (TPSA) is 91.0 Å². The van der Waals surface area contributed by atoms with Crippen molar-refractivity contribution in [3.8, 4) is 5.75 Å². The van der Waals surface area contributed by atoms with Gasteiger partial charge in [0.1, 0.15) is 5.75 Å². The van der Waals surface area contributed by atoms with Gasteiger partial charge in [-0.25, -0.2) is 17.2 Å². The first-order valence-corrected chi connectivity index (χ1v) is 16.8. The van der Waals surface area contributed by atoms with Gasteiger partial charge in [-0.1, -0.05) is 0 Å². The maximum atomic E-state index is 13.9. The molecule has 2 bridgehead atoms. The number of carbonyl (C=O) groups is 1. The second-order valence-electron chi connectivity index (χ2n) is 12.7. The van der Waals surface area contributed by atoms with E-state index in [1.54, 1.807) is 25.1 Å². The Labute approximate surface area is 245 Å². The fourth-order valence-corrected chi connectivity index (χ4v) is 8.42. The number of nitrogens with zero attached hydrogens (tertiary/aromatic N) is 2. The maximum absolute atomic E-state index is 13.9. The summed E-state index contributed by atoms with van der Waals surface area (Å²) in [5, 5.41) is 3.07. The van der Waals surface area contributed by atoms with Crippen LogP contribution in [-0.4, -0.2) is 58.8 Å². The fourth-order valence-electron chi connectivity index (χ4n) is 7.79. The number of benzene rings is 2. The fraction of sp³-hybridized carbons (Fsp3) is 0.581. The summed E-state index contributed by atoms with van der Waals surface area (Å²) in [4.78, 5) is 18.1. The van der Waals surface area contributed by atoms with E-state index in [1.165, 1.54) is 25.7 Å². The van der Waals surface area contributed by atoms with Gasteiger partial charge in [0.2, 0.25) is 10.0 Å². The number of alkyl halides is 2. The van der Waals surface area contributed by atoms with Crippen LogP contribution in [0.5, 0.6) is 5.75 Å². The molecule has 7 rings (SSSR count). The number of piperidine rings is 2. The van der Waals surface area contributed by atoms with E-state index in [0.29, 0.717) is 53.0 Å². The van der Waals surface area contributed by atoms with Crippen molar-refractivity contribution in [1.82, 2.24) is 0 Å². The molecule has 2 aromatic carbocycles. The molecule has 3 aliphatic heterocycles. The lowest BCUT2D eigenvalue weighted by Crippen LogP contribution is -2.43. The Kier molecular flexibility index (Phi) is 6.60. The minimum atomic E-state index is -3.48. The summed E-state index contributed by atoms with van der Waals surface area (Å²) in [6.07, 6.45) is 5.24. The molecule has 8 nitrogen and oxygen atoms in total.